The Hall–Kier alpha value is -1.84. The summed E-state index contributed by atoms with van der Waals surface area (Å²) in [5.74, 6) is -0.579. The Morgan fingerprint density at radius 2 is 1.10 bits per heavy atom. The van der Waals surface area contributed by atoms with Crippen molar-refractivity contribution in [3.63, 3.8) is 0 Å². The van der Waals surface area contributed by atoms with Crippen LogP contribution in [0.3, 0.4) is 0 Å². The van der Waals surface area contributed by atoms with Crippen LogP contribution in [0.2, 0.25) is 0 Å². The molecular formula is C26H42O4. The zero-order chi connectivity index (χ0) is 22.2. The van der Waals surface area contributed by atoms with Gasteiger partial charge in [-0.1, -0.05) is 96.1 Å². The number of carbonyl (C=O) groups excluding carboxylic acids is 2. The van der Waals surface area contributed by atoms with Crippen molar-refractivity contribution in [3.8, 4) is 0 Å². The molecule has 0 unspecified atom stereocenters. The van der Waals surface area contributed by atoms with Gasteiger partial charge in [0.1, 0.15) is 0 Å². The summed E-state index contributed by atoms with van der Waals surface area (Å²) in [5, 5.41) is 0. The normalized spacial score (nSPS) is 14.9. The first-order valence-electron chi connectivity index (χ1n) is 11.9. The molecule has 30 heavy (non-hydrogen) atoms. The van der Waals surface area contributed by atoms with Crippen molar-refractivity contribution in [1.82, 2.24) is 0 Å². The quantitative estimate of drug-likeness (QED) is 0.188. The lowest BCUT2D eigenvalue weighted by Crippen LogP contribution is -2.24. The first kappa shape index (κ1) is 26.2. The fraction of sp³-hybridized carbons (Fsp3) is 0.692. The van der Waals surface area contributed by atoms with Crippen LogP contribution in [0.15, 0.2) is 34.8 Å². The largest absolute Gasteiger partial charge is 0.489 e. The van der Waals surface area contributed by atoms with Crippen molar-refractivity contribution in [2.24, 2.45) is 0 Å². The molecule has 0 aromatic heterocycles. The highest BCUT2D eigenvalue weighted by molar-refractivity contribution is 6.24. The molecule has 0 atom stereocenters. The Morgan fingerprint density at radius 3 is 1.57 bits per heavy atom. The van der Waals surface area contributed by atoms with E-state index in [9.17, 15) is 9.59 Å². The maximum absolute atomic E-state index is 12.5. The average Bonchev–Trinajstić information content (AvgIpc) is 2.75. The molecule has 0 bridgehead atoms. The van der Waals surface area contributed by atoms with Crippen molar-refractivity contribution in [1.29, 1.82) is 0 Å². The van der Waals surface area contributed by atoms with E-state index in [1.54, 1.807) is 13.0 Å². The average molecular weight is 419 g/mol. The van der Waals surface area contributed by atoms with E-state index >= 15 is 0 Å². The Bertz CT molecular complexity index is 625. The van der Waals surface area contributed by atoms with Crippen LogP contribution in [-0.4, -0.2) is 25.8 Å². The minimum atomic E-state index is -0.284. The lowest BCUT2D eigenvalue weighted by atomic mass is 9.92. The Morgan fingerprint density at radius 1 is 0.667 bits per heavy atom. The fourth-order valence-electron chi connectivity index (χ4n) is 3.84. The van der Waals surface area contributed by atoms with Gasteiger partial charge in [-0.3, -0.25) is 9.59 Å². The van der Waals surface area contributed by atoms with E-state index in [-0.39, 0.29) is 23.1 Å². The lowest BCUT2D eigenvalue weighted by molar-refractivity contribution is -0.120. The molecule has 0 N–H and O–H groups in total. The van der Waals surface area contributed by atoms with E-state index in [0.717, 1.165) is 12.8 Å². The molecule has 170 valence electrons. The third kappa shape index (κ3) is 8.89. The highest BCUT2D eigenvalue weighted by Gasteiger charge is 2.33. The molecule has 0 amide bonds. The van der Waals surface area contributed by atoms with E-state index in [2.05, 4.69) is 6.92 Å². The van der Waals surface area contributed by atoms with Crippen molar-refractivity contribution in [2.75, 3.05) is 14.2 Å². The number of Topliss-reactive ketones (excluding diaryl/α,β-unsaturated/α-hetero) is 2. The van der Waals surface area contributed by atoms with E-state index < -0.39 is 0 Å². The third-order valence-corrected chi connectivity index (χ3v) is 5.78. The van der Waals surface area contributed by atoms with Gasteiger partial charge in [-0.15, -0.1) is 0 Å². The first-order valence-corrected chi connectivity index (χ1v) is 11.9. The molecule has 0 fully saturated rings. The van der Waals surface area contributed by atoms with Gasteiger partial charge in [0, 0.05) is 11.1 Å². The van der Waals surface area contributed by atoms with Gasteiger partial charge in [-0.05, 0) is 19.8 Å². The van der Waals surface area contributed by atoms with Crippen LogP contribution in [0, 0.1) is 0 Å². The van der Waals surface area contributed by atoms with E-state index in [1.165, 1.54) is 91.3 Å². The molecule has 0 aromatic rings. The predicted molar refractivity (Wildman–Crippen MR) is 123 cm³/mol. The number of ether oxygens (including phenoxy) is 2. The summed E-state index contributed by atoms with van der Waals surface area (Å²) in [6.07, 6.45) is 22.0. The minimum Gasteiger partial charge on any atom is -0.489 e. The monoisotopic (exact) mass is 418 g/mol. The van der Waals surface area contributed by atoms with Gasteiger partial charge in [0.25, 0.3) is 0 Å². The SMILES string of the molecule is CCCCCCCCCCCCCCCC=CC1=C(C)C(=O)C(OC)=C(OC)C1=O. The summed E-state index contributed by atoms with van der Waals surface area (Å²) in [6.45, 7) is 3.93. The van der Waals surface area contributed by atoms with Gasteiger partial charge < -0.3 is 9.47 Å². The number of hydrogen-bond acceptors (Lipinski definition) is 4. The number of methoxy groups -OCH3 is 2. The Kier molecular flexibility index (Phi) is 13.9. The van der Waals surface area contributed by atoms with Crippen LogP contribution in [0.4, 0.5) is 0 Å². The summed E-state index contributed by atoms with van der Waals surface area (Å²) in [5.41, 5.74) is 0.826. The van der Waals surface area contributed by atoms with Gasteiger partial charge in [0.15, 0.2) is 0 Å². The highest BCUT2D eigenvalue weighted by Crippen LogP contribution is 2.26. The summed E-state index contributed by atoms with van der Waals surface area (Å²) >= 11 is 0. The number of rotatable bonds is 17. The van der Waals surface area contributed by atoms with Crippen LogP contribution in [-0.2, 0) is 19.1 Å². The van der Waals surface area contributed by atoms with E-state index in [0.29, 0.717) is 11.1 Å². The molecule has 4 nitrogen and oxygen atoms in total. The second-order valence-electron chi connectivity index (χ2n) is 8.20. The maximum Gasteiger partial charge on any atom is 0.232 e. The molecule has 0 spiro atoms. The maximum atomic E-state index is 12.5. The zero-order valence-corrected chi connectivity index (χ0v) is 19.7. The fourth-order valence-corrected chi connectivity index (χ4v) is 3.84. The van der Waals surface area contributed by atoms with Gasteiger partial charge in [0.05, 0.1) is 14.2 Å². The van der Waals surface area contributed by atoms with Gasteiger partial charge in [-0.25, -0.2) is 0 Å². The molecule has 0 aliphatic heterocycles. The summed E-state index contributed by atoms with van der Waals surface area (Å²) < 4.78 is 10.2. The predicted octanol–water partition coefficient (Wildman–Crippen LogP) is 7.00. The van der Waals surface area contributed by atoms with E-state index in [1.807, 2.05) is 6.08 Å². The van der Waals surface area contributed by atoms with Crippen molar-refractivity contribution in [3.05, 3.63) is 34.8 Å². The van der Waals surface area contributed by atoms with Crippen LogP contribution in [0.1, 0.15) is 104 Å². The molecule has 0 saturated heterocycles. The molecule has 4 heteroatoms. The van der Waals surface area contributed by atoms with Crippen molar-refractivity contribution < 1.29 is 19.1 Å². The first-order chi connectivity index (χ1) is 14.6. The number of hydrogen-bond donors (Lipinski definition) is 0. The number of ketones is 2. The highest BCUT2D eigenvalue weighted by atomic mass is 16.5. The molecule has 0 saturated carbocycles. The van der Waals surface area contributed by atoms with Crippen LogP contribution >= 0.6 is 0 Å². The Balaban J connectivity index is 2.16. The molecule has 0 heterocycles. The smallest absolute Gasteiger partial charge is 0.232 e. The zero-order valence-electron chi connectivity index (χ0n) is 19.7. The van der Waals surface area contributed by atoms with Crippen LogP contribution in [0.25, 0.3) is 0 Å². The number of unbranched alkanes of at least 4 members (excludes halogenated alkanes) is 13. The topological polar surface area (TPSA) is 52.6 Å². The summed E-state index contributed by atoms with van der Waals surface area (Å²) in [4.78, 5) is 24.9. The minimum absolute atomic E-state index is 0.00582. The number of allylic oxidation sites excluding steroid dienone is 4. The lowest BCUT2D eigenvalue weighted by Gasteiger charge is -2.18. The van der Waals surface area contributed by atoms with Crippen LogP contribution < -0.4 is 0 Å². The number of carbonyl (C=O) groups is 2. The molecule has 1 aliphatic carbocycles. The Labute approximate surface area is 183 Å². The standard InChI is InChI=1S/C26H42O4/c1-5-6-7-8-9-10-11-12-13-14-15-16-17-18-19-20-22-21(2)23(27)25(29-3)26(30-4)24(22)28/h19-20H,5-18H2,1-4H3. The molecule has 0 radical (unpaired) electrons. The summed E-state index contributed by atoms with van der Waals surface area (Å²) in [6, 6.07) is 0. The van der Waals surface area contributed by atoms with Crippen molar-refractivity contribution >= 4 is 11.6 Å². The van der Waals surface area contributed by atoms with Gasteiger partial charge in [0.2, 0.25) is 23.1 Å². The van der Waals surface area contributed by atoms with Gasteiger partial charge >= 0.3 is 0 Å². The van der Waals surface area contributed by atoms with E-state index in [4.69, 9.17) is 9.47 Å². The van der Waals surface area contributed by atoms with Gasteiger partial charge in [-0.2, -0.15) is 0 Å². The van der Waals surface area contributed by atoms with Crippen LogP contribution in [0.5, 0.6) is 0 Å². The molecule has 1 rings (SSSR count). The second kappa shape index (κ2) is 15.9. The third-order valence-electron chi connectivity index (χ3n) is 5.78. The van der Waals surface area contributed by atoms with Crippen molar-refractivity contribution in [2.45, 2.75) is 104 Å². The molecule has 0 aromatic carbocycles. The summed E-state index contributed by atoms with van der Waals surface area (Å²) in [7, 11) is 2.76. The molecule has 1 aliphatic rings. The molecular weight excluding hydrogens is 376 g/mol. The second-order valence-corrected chi connectivity index (χ2v) is 8.20.